The van der Waals surface area contributed by atoms with Gasteiger partial charge in [0.15, 0.2) is 0 Å². The van der Waals surface area contributed by atoms with E-state index in [1.807, 2.05) is 49.4 Å². The Labute approximate surface area is 113 Å². The van der Waals surface area contributed by atoms with E-state index in [2.05, 4.69) is 11.1 Å². The number of ether oxygens (including phenoxy) is 1. The smallest absolute Gasteiger partial charge is 0.119 e. The summed E-state index contributed by atoms with van der Waals surface area (Å²) >= 11 is 0. The third-order valence-corrected chi connectivity index (χ3v) is 2.89. The fourth-order valence-electron chi connectivity index (χ4n) is 1.93. The van der Waals surface area contributed by atoms with Crippen LogP contribution >= 0.6 is 0 Å². The van der Waals surface area contributed by atoms with Crippen LogP contribution in [-0.2, 0) is 6.42 Å². The minimum Gasteiger partial charge on any atom is -0.494 e. The van der Waals surface area contributed by atoms with Gasteiger partial charge in [-0.15, -0.1) is 0 Å². The number of aromatic nitrogens is 1. The maximum atomic E-state index is 9.30. The van der Waals surface area contributed by atoms with E-state index in [-0.39, 0.29) is 5.92 Å². The normalized spacial score (nSPS) is 11.6. The largest absolute Gasteiger partial charge is 0.494 e. The Morgan fingerprint density at radius 3 is 2.58 bits per heavy atom. The Balaban J connectivity index is 2.12. The molecule has 0 radical (unpaired) electrons. The Bertz CT molecular complexity index is 543. The fourth-order valence-corrected chi connectivity index (χ4v) is 1.93. The zero-order valence-corrected chi connectivity index (χ0v) is 10.9. The van der Waals surface area contributed by atoms with Crippen molar-refractivity contribution in [3.63, 3.8) is 0 Å². The maximum absolute atomic E-state index is 9.30. The van der Waals surface area contributed by atoms with Gasteiger partial charge in [0.25, 0.3) is 0 Å². The van der Waals surface area contributed by atoms with Gasteiger partial charge in [-0.2, -0.15) is 5.26 Å². The van der Waals surface area contributed by atoms with Crippen LogP contribution in [0.4, 0.5) is 0 Å². The number of hydrogen-bond acceptors (Lipinski definition) is 3. The van der Waals surface area contributed by atoms with Crippen molar-refractivity contribution in [1.29, 1.82) is 5.26 Å². The van der Waals surface area contributed by atoms with Gasteiger partial charge >= 0.3 is 0 Å². The first-order valence-electron chi connectivity index (χ1n) is 6.35. The van der Waals surface area contributed by atoms with Gasteiger partial charge in [-0.25, -0.2) is 0 Å². The van der Waals surface area contributed by atoms with Crippen LogP contribution in [0.1, 0.15) is 24.1 Å². The minimum atomic E-state index is -0.175. The molecule has 3 heteroatoms. The first-order valence-corrected chi connectivity index (χ1v) is 6.35. The van der Waals surface area contributed by atoms with E-state index in [1.165, 1.54) is 0 Å². The average molecular weight is 252 g/mol. The molecule has 2 aromatic rings. The molecular weight excluding hydrogens is 236 g/mol. The van der Waals surface area contributed by atoms with Crippen molar-refractivity contribution >= 4 is 0 Å². The van der Waals surface area contributed by atoms with Crippen LogP contribution in [0.25, 0.3) is 0 Å². The Morgan fingerprint density at radius 1 is 1.21 bits per heavy atom. The molecule has 2 rings (SSSR count). The molecule has 1 unspecified atom stereocenters. The van der Waals surface area contributed by atoms with Crippen molar-refractivity contribution in [3.05, 3.63) is 59.9 Å². The van der Waals surface area contributed by atoms with Gasteiger partial charge < -0.3 is 4.74 Å². The van der Waals surface area contributed by atoms with E-state index in [0.29, 0.717) is 13.0 Å². The second-order valence-electron chi connectivity index (χ2n) is 4.21. The van der Waals surface area contributed by atoms with Gasteiger partial charge in [0.05, 0.1) is 18.6 Å². The first-order chi connectivity index (χ1) is 9.33. The third-order valence-electron chi connectivity index (χ3n) is 2.89. The molecule has 19 heavy (non-hydrogen) atoms. The maximum Gasteiger partial charge on any atom is 0.119 e. The molecule has 1 heterocycles. The molecule has 0 amide bonds. The lowest BCUT2D eigenvalue weighted by atomic mass is 9.95. The van der Waals surface area contributed by atoms with E-state index in [4.69, 9.17) is 4.74 Å². The second-order valence-corrected chi connectivity index (χ2v) is 4.21. The summed E-state index contributed by atoms with van der Waals surface area (Å²) in [7, 11) is 0. The van der Waals surface area contributed by atoms with Crippen LogP contribution in [0.5, 0.6) is 5.75 Å². The summed E-state index contributed by atoms with van der Waals surface area (Å²) in [6, 6.07) is 15.8. The summed E-state index contributed by atoms with van der Waals surface area (Å²) in [6.45, 7) is 2.60. The summed E-state index contributed by atoms with van der Waals surface area (Å²) in [5, 5.41) is 9.30. The van der Waals surface area contributed by atoms with E-state index >= 15 is 0 Å². The van der Waals surface area contributed by atoms with E-state index in [1.54, 1.807) is 6.20 Å². The molecule has 1 aromatic heterocycles. The highest BCUT2D eigenvalue weighted by Crippen LogP contribution is 2.22. The van der Waals surface area contributed by atoms with Crippen LogP contribution in [0.3, 0.4) is 0 Å². The van der Waals surface area contributed by atoms with Crippen LogP contribution < -0.4 is 4.74 Å². The molecule has 3 nitrogen and oxygen atoms in total. The van der Waals surface area contributed by atoms with Crippen molar-refractivity contribution in [2.24, 2.45) is 0 Å². The van der Waals surface area contributed by atoms with Crippen LogP contribution in [-0.4, -0.2) is 11.6 Å². The van der Waals surface area contributed by atoms with Crippen LogP contribution in [0.2, 0.25) is 0 Å². The zero-order valence-electron chi connectivity index (χ0n) is 10.9. The van der Waals surface area contributed by atoms with Crippen molar-refractivity contribution < 1.29 is 4.74 Å². The predicted octanol–water partition coefficient (Wildman–Crippen LogP) is 3.33. The molecule has 0 fully saturated rings. The summed E-state index contributed by atoms with van der Waals surface area (Å²) in [6.07, 6.45) is 2.38. The lowest BCUT2D eigenvalue weighted by molar-refractivity contribution is 0.340. The third kappa shape index (κ3) is 3.56. The highest BCUT2D eigenvalue weighted by Gasteiger charge is 2.12. The summed E-state index contributed by atoms with van der Waals surface area (Å²) < 4.78 is 5.40. The molecule has 0 saturated heterocycles. The molecule has 0 aliphatic rings. The zero-order chi connectivity index (χ0) is 13.5. The number of pyridine rings is 1. The van der Waals surface area contributed by atoms with E-state index < -0.39 is 0 Å². The van der Waals surface area contributed by atoms with Gasteiger partial charge in [0.2, 0.25) is 0 Å². The van der Waals surface area contributed by atoms with Gasteiger partial charge in [-0.1, -0.05) is 18.2 Å². The van der Waals surface area contributed by atoms with Crippen molar-refractivity contribution in [1.82, 2.24) is 4.98 Å². The van der Waals surface area contributed by atoms with Crippen molar-refractivity contribution in [2.75, 3.05) is 6.61 Å². The predicted molar refractivity (Wildman–Crippen MR) is 73.9 cm³/mol. The molecule has 0 aliphatic carbocycles. The highest BCUT2D eigenvalue weighted by atomic mass is 16.5. The van der Waals surface area contributed by atoms with Crippen LogP contribution in [0, 0.1) is 11.3 Å². The van der Waals surface area contributed by atoms with Crippen molar-refractivity contribution in [3.8, 4) is 11.8 Å². The van der Waals surface area contributed by atoms with Gasteiger partial charge in [-0.3, -0.25) is 4.98 Å². The first kappa shape index (κ1) is 13.1. The Morgan fingerprint density at radius 2 is 2.00 bits per heavy atom. The summed E-state index contributed by atoms with van der Waals surface area (Å²) in [5.74, 6) is 0.659. The Kier molecular flexibility index (Phi) is 4.52. The standard InChI is InChI=1S/C16H16N2O/c1-2-19-16-8-6-13(7-9-16)14(12-17)11-15-5-3-4-10-18-15/h3-10,14H,2,11H2,1H3. The molecule has 0 saturated carbocycles. The molecule has 1 aromatic carbocycles. The lowest BCUT2D eigenvalue weighted by Crippen LogP contribution is -2.02. The monoisotopic (exact) mass is 252 g/mol. The highest BCUT2D eigenvalue weighted by molar-refractivity contribution is 5.33. The fraction of sp³-hybridized carbons (Fsp3) is 0.250. The number of nitrogens with zero attached hydrogens (tertiary/aromatic N) is 2. The number of rotatable bonds is 5. The molecule has 0 aliphatic heterocycles. The average Bonchev–Trinajstić information content (AvgIpc) is 2.47. The molecular formula is C16H16N2O. The summed E-state index contributed by atoms with van der Waals surface area (Å²) in [5.41, 5.74) is 1.93. The quantitative estimate of drug-likeness (QED) is 0.820. The van der Waals surface area contributed by atoms with Gasteiger partial charge in [-0.05, 0) is 36.8 Å². The number of hydrogen-bond donors (Lipinski definition) is 0. The summed E-state index contributed by atoms with van der Waals surface area (Å²) in [4.78, 5) is 4.26. The Hall–Kier alpha value is -2.34. The second kappa shape index (κ2) is 6.55. The van der Waals surface area contributed by atoms with Gasteiger partial charge in [0, 0.05) is 18.3 Å². The molecule has 0 spiro atoms. The lowest BCUT2D eigenvalue weighted by Gasteiger charge is -2.10. The topological polar surface area (TPSA) is 45.9 Å². The molecule has 0 N–H and O–H groups in total. The molecule has 96 valence electrons. The minimum absolute atomic E-state index is 0.175. The van der Waals surface area contributed by atoms with Crippen molar-refractivity contribution in [2.45, 2.75) is 19.3 Å². The van der Waals surface area contributed by atoms with E-state index in [0.717, 1.165) is 17.0 Å². The molecule has 1 atom stereocenters. The van der Waals surface area contributed by atoms with Crippen LogP contribution in [0.15, 0.2) is 48.7 Å². The SMILES string of the molecule is CCOc1ccc(C(C#N)Cc2ccccn2)cc1. The number of benzene rings is 1. The number of nitriles is 1. The van der Waals surface area contributed by atoms with E-state index in [9.17, 15) is 5.26 Å². The van der Waals surface area contributed by atoms with Gasteiger partial charge in [0.1, 0.15) is 5.75 Å². The molecule has 0 bridgehead atoms.